The number of hydrogen-bond acceptors (Lipinski definition) is 2. The van der Waals surface area contributed by atoms with Crippen LogP contribution in [-0.2, 0) is 6.42 Å². The average molecular weight is 216 g/mol. The van der Waals surface area contributed by atoms with Gasteiger partial charge in [0.25, 0.3) is 0 Å². The lowest BCUT2D eigenvalue weighted by Crippen LogP contribution is -2.18. The van der Waals surface area contributed by atoms with Crippen LogP contribution in [0.2, 0.25) is 0 Å². The molecule has 86 valence electrons. The van der Waals surface area contributed by atoms with Crippen LogP contribution in [0.15, 0.2) is 18.2 Å². The first-order valence-electron chi connectivity index (χ1n) is 5.99. The summed E-state index contributed by atoms with van der Waals surface area (Å²) in [7, 11) is 0. The van der Waals surface area contributed by atoms with E-state index < -0.39 is 0 Å². The minimum atomic E-state index is 0.797. The van der Waals surface area contributed by atoms with Crippen LogP contribution in [0, 0.1) is 18.3 Å². The Morgan fingerprint density at radius 2 is 2.12 bits per heavy atom. The van der Waals surface area contributed by atoms with Crippen molar-refractivity contribution >= 4 is 0 Å². The zero-order chi connectivity index (χ0) is 11.8. The maximum absolute atomic E-state index is 8.92. The molecule has 0 spiro atoms. The van der Waals surface area contributed by atoms with Gasteiger partial charge < -0.3 is 5.32 Å². The summed E-state index contributed by atoms with van der Waals surface area (Å²) in [5.41, 5.74) is 3.20. The molecule has 0 bridgehead atoms. The average Bonchev–Trinajstić information content (AvgIpc) is 2.31. The molecule has 2 heteroatoms. The van der Waals surface area contributed by atoms with Crippen LogP contribution in [0.1, 0.15) is 36.5 Å². The van der Waals surface area contributed by atoms with E-state index in [0.29, 0.717) is 0 Å². The summed E-state index contributed by atoms with van der Waals surface area (Å²) in [6.45, 7) is 6.31. The molecule has 0 saturated carbocycles. The molecule has 1 aromatic carbocycles. The second-order valence-corrected chi connectivity index (χ2v) is 4.06. The third-order valence-electron chi connectivity index (χ3n) is 2.84. The first-order valence-corrected chi connectivity index (χ1v) is 5.99. The lowest BCUT2D eigenvalue weighted by atomic mass is 10.0. The Kier molecular flexibility index (Phi) is 5.60. The molecular formula is C14H20N2. The van der Waals surface area contributed by atoms with Crippen molar-refractivity contribution in [3.63, 3.8) is 0 Å². The summed E-state index contributed by atoms with van der Waals surface area (Å²) >= 11 is 0. The number of nitriles is 1. The van der Waals surface area contributed by atoms with Crippen molar-refractivity contribution in [1.82, 2.24) is 5.32 Å². The predicted molar refractivity (Wildman–Crippen MR) is 67.4 cm³/mol. The number of nitrogens with one attached hydrogen (secondary N) is 1. The van der Waals surface area contributed by atoms with Gasteiger partial charge in [-0.15, -0.1) is 0 Å². The Balaban J connectivity index is 2.45. The molecule has 0 amide bonds. The fourth-order valence-electron chi connectivity index (χ4n) is 1.73. The third-order valence-corrected chi connectivity index (χ3v) is 2.84. The number of unbranched alkanes of at least 4 members (excludes halogenated alkanes) is 1. The zero-order valence-corrected chi connectivity index (χ0v) is 10.2. The van der Waals surface area contributed by atoms with Crippen molar-refractivity contribution in [3.8, 4) is 6.07 Å². The summed E-state index contributed by atoms with van der Waals surface area (Å²) in [5, 5.41) is 12.3. The molecule has 1 N–H and O–H groups in total. The highest BCUT2D eigenvalue weighted by atomic mass is 14.8. The third kappa shape index (κ3) is 3.67. The molecule has 0 fully saturated rings. The molecule has 1 rings (SSSR count). The minimum Gasteiger partial charge on any atom is -0.316 e. The van der Waals surface area contributed by atoms with Crippen molar-refractivity contribution in [3.05, 3.63) is 34.9 Å². The Morgan fingerprint density at radius 3 is 2.81 bits per heavy atom. The SMILES string of the molecule is CCCCNCCc1cccc(C#N)c1C. The van der Waals surface area contributed by atoms with Crippen LogP contribution in [0.3, 0.4) is 0 Å². The minimum absolute atomic E-state index is 0.797. The van der Waals surface area contributed by atoms with Crippen LogP contribution in [0.5, 0.6) is 0 Å². The van der Waals surface area contributed by atoms with E-state index in [-0.39, 0.29) is 0 Å². The van der Waals surface area contributed by atoms with E-state index in [0.717, 1.165) is 30.6 Å². The van der Waals surface area contributed by atoms with E-state index in [1.54, 1.807) is 0 Å². The first kappa shape index (κ1) is 12.7. The van der Waals surface area contributed by atoms with E-state index in [1.165, 1.54) is 18.4 Å². The van der Waals surface area contributed by atoms with E-state index in [1.807, 2.05) is 19.1 Å². The predicted octanol–water partition coefficient (Wildman–Crippen LogP) is 2.80. The smallest absolute Gasteiger partial charge is 0.0994 e. The number of rotatable bonds is 6. The highest BCUT2D eigenvalue weighted by molar-refractivity contribution is 5.41. The summed E-state index contributed by atoms with van der Waals surface area (Å²) < 4.78 is 0. The van der Waals surface area contributed by atoms with Crippen LogP contribution < -0.4 is 5.32 Å². The summed E-state index contributed by atoms with van der Waals surface area (Å²) in [6, 6.07) is 8.18. The Morgan fingerprint density at radius 1 is 1.31 bits per heavy atom. The molecule has 2 nitrogen and oxygen atoms in total. The van der Waals surface area contributed by atoms with Gasteiger partial charge in [-0.05, 0) is 50.0 Å². The van der Waals surface area contributed by atoms with E-state index in [9.17, 15) is 0 Å². The van der Waals surface area contributed by atoms with Crippen molar-refractivity contribution in [2.45, 2.75) is 33.1 Å². The molecular weight excluding hydrogens is 196 g/mol. The first-order chi connectivity index (χ1) is 7.79. The molecule has 0 heterocycles. The molecule has 0 unspecified atom stereocenters. The molecule has 0 atom stereocenters. The molecule has 0 aliphatic heterocycles. The standard InChI is InChI=1S/C14H20N2/c1-3-4-9-16-10-8-13-6-5-7-14(11-15)12(13)2/h5-7,16H,3-4,8-10H2,1-2H3. The molecule has 0 aliphatic carbocycles. The Labute approximate surface area is 98.3 Å². The molecule has 0 aromatic heterocycles. The molecule has 0 saturated heterocycles. The van der Waals surface area contributed by atoms with Gasteiger partial charge in [0.15, 0.2) is 0 Å². The molecule has 1 aromatic rings. The van der Waals surface area contributed by atoms with Crippen molar-refractivity contribution in [1.29, 1.82) is 5.26 Å². The fourth-order valence-corrected chi connectivity index (χ4v) is 1.73. The van der Waals surface area contributed by atoms with Crippen molar-refractivity contribution in [2.75, 3.05) is 13.1 Å². The quantitative estimate of drug-likeness (QED) is 0.742. The van der Waals surface area contributed by atoms with Gasteiger partial charge in [0.05, 0.1) is 11.6 Å². The largest absolute Gasteiger partial charge is 0.316 e. The highest BCUT2D eigenvalue weighted by Crippen LogP contribution is 2.12. The maximum Gasteiger partial charge on any atom is 0.0994 e. The van der Waals surface area contributed by atoms with Gasteiger partial charge in [0.1, 0.15) is 0 Å². The molecule has 0 radical (unpaired) electrons. The van der Waals surface area contributed by atoms with E-state index in [2.05, 4.69) is 24.4 Å². The zero-order valence-electron chi connectivity index (χ0n) is 10.2. The number of hydrogen-bond donors (Lipinski definition) is 1. The normalized spacial score (nSPS) is 10.1. The van der Waals surface area contributed by atoms with E-state index >= 15 is 0 Å². The fraction of sp³-hybridized carbons (Fsp3) is 0.500. The van der Waals surface area contributed by atoms with Crippen LogP contribution in [-0.4, -0.2) is 13.1 Å². The van der Waals surface area contributed by atoms with Gasteiger partial charge in [-0.25, -0.2) is 0 Å². The summed E-state index contributed by atoms with van der Waals surface area (Å²) in [6.07, 6.45) is 3.47. The second-order valence-electron chi connectivity index (χ2n) is 4.06. The number of benzene rings is 1. The van der Waals surface area contributed by atoms with Gasteiger partial charge in [0, 0.05) is 0 Å². The van der Waals surface area contributed by atoms with Crippen LogP contribution in [0.4, 0.5) is 0 Å². The lowest BCUT2D eigenvalue weighted by Gasteiger charge is -2.08. The summed E-state index contributed by atoms with van der Waals surface area (Å²) in [5.74, 6) is 0. The van der Waals surface area contributed by atoms with Gasteiger partial charge in [0.2, 0.25) is 0 Å². The Hall–Kier alpha value is -1.33. The Bertz CT molecular complexity index is 363. The van der Waals surface area contributed by atoms with Crippen LogP contribution in [0.25, 0.3) is 0 Å². The van der Waals surface area contributed by atoms with Gasteiger partial charge in [-0.1, -0.05) is 25.5 Å². The molecule has 0 aliphatic rings. The topological polar surface area (TPSA) is 35.8 Å². The monoisotopic (exact) mass is 216 g/mol. The van der Waals surface area contributed by atoms with E-state index in [4.69, 9.17) is 5.26 Å². The van der Waals surface area contributed by atoms with Crippen molar-refractivity contribution < 1.29 is 0 Å². The summed E-state index contributed by atoms with van der Waals surface area (Å²) in [4.78, 5) is 0. The second kappa shape index (κ2) is 7.03. The van der Waals surface area contributed by atoms with Crippen LogP contribution >= 0.6 is 0 Å². The molecule has 16 heavy (non-hydrogen) atoms. The lowest BCUT2D eigenvalue weighted by molar-refractivity contribution is 0.639. The highest BCUT2D eigenvalue weighted by Gasteiger charge is 2.02. The van der Waals surface area contributed by atoms with Crippen molar-refractivity contribution in [2.24, 2.45) is 0 Å². The van der Waals surface area contributed by atoms with Gasteiger partial charge in [-0.3, -0.25) is 0 Å². The number of nitrogens with zero attached hydrogens (tertiary/aromatic N) is 1. The maximum atomic E-state index is 8.92. The van der Waals surface area contributed by atoms with Gasteiger partial charge >= 0.3 is 0 Å². The van der Waals surface area contributed by atoms with Gasteiger partial charge in [-0.2, -0.15) is 5.26 Å².